The number of aromatic nitrogens is 2. The van der Waals surface area contributed by atoms with Crippen LogP contribution in [0.25, 0.3) is 5.69 Å². The van der Waals surface area contributed by atoms with Gasteiger partial charge in [0.2, 0.25) is 0 Å². The fraction of sp³-hybridized carbons (Fsp3) is 0.238. The molecule has 6 heteroatoms. The van der Waals surface area contributed by atoms with Gasteiger partial charge in [-0.1, -0.05) is 12.1 Å². The molecule has 0 fully saturated rings. The fourth-order valence-electron chi connectivity index (χ4n) is 2.72. The second kappa shape index (κ2) is 8.89. The quantitative estimate of drug-likeness (QED) is 0.571. The summed E-state index contributed by atoms with van der Waals surface area (Å²) in [7, 11) is 3.22. The Morgan fingerprint density at radius 1 is 1.07 bits per heavy atom. The van der Waals surface area contributed by atoms with E-state index in [0.717, 1.165) is 28.3 Å². The minimum absolute atomic E-state index is 0.244. The van der Waals surface area contributed by atoms with E-state index in [9.17, 15) is 4.79 Å². The summed E-state index contributed by atoms with van der Waals surface area (Å²) in [6.07, 6.45) is 4.40. The maximum atomic E-state index is 12.1. The molecule has 0 unspecified atom stereocenters. The van der Waals surface area contributed by atoms with Crippen LogP contribution in [0.3, 0.4) is 0 Å². The lowest BCUT2D eigenvalue weighted by Gasteiger charge is -2.10. The molecule has 0 N–H and O–H groups in total. The van der Waals surface area contributed by atoms with E-state index in [-0.39, 0.29) is 19.0 Å². The Hall–Kier alpha value is -3.28. The van der Waals surface area contributed by atoms with Gasteiger partial charge < -0.3 is 14.2 Å². The lowest BCUT2D eigenvalue weighted by atomic mass is 10.1. The Morgan fingerprint density at radius 3 is 2.56 bits per heavy atom. The van der Waals surface area contributed by atoms with Gasteiger partial charge in [-0.25, -0.2) is 4.68 Å². The Morgan fingerprint density at radius 2 is 1.89 bits per heavy atom. The lowest BCUT2D eigenvalue weighted by molar-refractivity contribution is -0.144. The minimum Gasteiger partial charge on any atom is -0.497 e. The van der Waals surface area contributed by atoms with Crippen molar-refractivity contribution in [2.75, 3.05) is 14.2 Å². The molecule has 2 aromatic carbocycles. The van der Waals surface area contributed by atoms with Gasteiger partial charge in [0.1, 0.15) is 18.1 Å². The number of nitrogens with zero attached hydrogens (tertiary/aromatic N) is 2. The van der Waals surface area contributed by atoms with Gasteiger partial charge in [-0.3, -0.25) is 4.79 Å². The van der Waals surface area contributed by atoms with Crippen molar-refractivity contribution in [2.24, 2.45) is 0 Å². The van der Waals surface area contributed by atoms with E-state index >= 15 is 0 Å². The number of esters is 1. The highest BCUT2D eigenvalue weighted by Gasteiger charge is 2.10. The first-order valence-electron chi connectivity index (χ1n) is 8.65. The van der Waals surface area contributed by atoms with Gasteiger partial charge in [0.25, 0.3) is 0 Å². The summed E-state index contributed by atoms with van der Waals surface area (Å²) < 4.78 is 17.7. The van der Waals surface area contributed by atoms with Crippen molar-refractivity contribution < 1.29 is 19.0 Å². The van der Waals surface area contributed by atoms with Gasteiger partial charge in [-0.15, -0.1) is 0 Å². The number of ether oxygens (including phenoxy) is 3. The number of carbonyl (C=O) groups excluding carboxylic acids is 1. The minimum atomic E-state index is -0.254. The number of hydrogen-bond acceptors (Lipinski definition) is 5. The van der Waals surface area contributed by atoms with Crippen LogP contribution in [0.5, 0.6) is 11.5 Å². The van der Waals surface area contributed by atoms with Crippen molar-refractivity contribution in [1.82, 2.24) is 9.78 Å². The summed E-state index contributed by atoms with van der Waals surface area (Å²) in [6.45, 7) is 0.244. The molecule has 0 atom stereocenters. The molecule has 0 aliphatic carbocycles. The third-order valence-electron chi connectivity index (χ3n) is 4.19. The van der Waals surface area contributed by atoms with Gasteiger partial charge in [-0.2, -0.15) is 5.10 Å². The standard InChI is InChI=1S/C21H22N2O4/c1-25-19-9-10-20(26-2)17(14-19)6-11-21(24)27-15-16-4-7-18(8-5-16)23-13-3-12-22-23/h3-5,7-10,12-14H,6,11,15H2,1-2H3. The van der Waals surface area contributed by atoms with Gasteiger partial charge in [-0.05, 0) is 53.9 Å². The zero-order valence-electron chi connectivity index (χ0n) is 15.4. The highest BCUT2D eigenvalue weighted by atomic mass is 16.5. The molecule has 0 aliphatic rings. The molecular weight excluding hydrogens is 344 g/mol. The summed E-state index contributed by atoms with van der Waals surface area (Å²) in [5, 5.41) is 4.18. The summed E-state index contributed by atoms with van der Waals surface area (Å²) in [5.74, 6) is 1.21. The molecule has 1 heterocycles. The van der Waals surface area contributed by atoms with Crippen LogP contribution < -0.4 is 9.47 Å². The Balaban J connectivity index is 1.51. The topological polar surface area (TPSA) is 62.6 Å². The van der Waals surface area contributed by atoms with Crippen LogP contribution in [0.1, 0.15) is 17.5 Å². The average molecular weight is 366 g/mol. The molecule has 0 amide bonds. The first kappa shape index (κ1) is 18.5. The zero-order valence-corrected chi connectivity index (χ0v) is 15.4. The van der Waals surface area contributed by atoms with Crippen LogP contribution in [0, 0.1) is 0 Å². The number of benzene rings is 2. The molecule has 1 aromatic heterocycles. The molecule has 0 bridgehead atoms. The number of carbonyl (C=O) groups is 1. The smallest absolute Gasteiger partial charge is 0.306 e. The normalized spacial score (nSPS) is 10.4. The van der Waals surface area contributed by atoms with Crippen LogP contribution >= 0.6 is 0 Å². The number of rotatable bonds is 8. The van der Waals surface area contributed by atoms with Gasteiger partial charge >= 0.3 is 5.97 Å². The maximum absolute atomic E-state index is 12.1. The molecule has 140 valence electrons. The van der Waals surface area contributed by atoms with Crippen molar-refractivity contribution in [1.29, 1.82) is 0 Å². The van der Waals surface area contributed by atoms with Crippen LogP contribution in [-0.2, 0) is 22.6 Å². The van der Waals surface area contributed by atoms with Crippen molar-refractivity contribution >= 4 is 5.97 Å². The molecule has 0 aliphatic heterocycles. The largest absolute Gasteiger partial charge is 0.497 e. The molecule has 27 heavy (non-hydrogen) atoms. The molecule has 3 rings (SSSR count). The number of hydrogen-bond donors (Lipinski definition) is 0. The average Bonchev–Trinajstić information content (AvgIpc) is 3.25. The maximum Gasteiger partial charge on any atom is 0.306 e. The highest BCUT2D eigenvalue weighted by Crippen LogP contribution is 2.25. The molecule has 6 nitrogen and oxygen atoms in total. The predicted molar refractivity (Wildman–Crippen MR) is 101 cm³/mol. The van der Waals surface area contributed by atoms with E-state index in [1.807, 2.05) is 54.7 Å². The van der Waals surface area contributed by atoms with Crippen molar-refractivity contribution in [3.63, 3.8) is 0 Å². The van der Waals surface area contributed by atoms with Crippen molar-refractivity contribution in [3.05, 3.63) is 72.1 Å². The van der Waals surface area contributed by atoms with Crippen LogP contribution in [0.4, 0.5) is 0 Å². The van der Waals surface area contributed by atoms with Crippen LogP contribution in [-0.4, -0.2) is 30.0 Å². The second-order valence-electron chi connectivity index (χ2n) is 5.96. The SMILES string of the molecule is COc1ccc(OC)c(CCC(=O)OCc2ccc(-n3cccn3)cc2)c1. The number of aryl methyl sites for hydroxylation is 1. The summed E-state index contributed by atoms with van der Waals surface area (Å²) in [4.78, 5) is 12.1. The highest BCUT2D eigenvalue weighted by molar-refractivity contribution is 5.70. The van der Waals surface area contributed by atoms with Crippen molar-refractivity contribution in [3.8, 4) is 17.2 Å². The van der Waals surface area contributed by atoms with E-state index in [0.29, 0.717) is 6.42 Å². The van der Waals surface area contributed by atoms with E-state index in [1.165, 1.54) is 0 Å². The Kier molecular flexibility index (Phi) is 6.10. The lowest BCUT2D eigenvalue weighted by Crippen LogP contribution is -2.07. The molecular formula is C21H22N2O4. The summed E-state index contributed by atoms with van der Waals surface area (Å²) in [5.41, 5.74) is 2.80. The van der Waals surface area contributed by atoms with E-state index < -0.39 is 0 Å². The van der Waals surface area contributed by atoms with Gasteiger partial charge in [0.15, 0.2) is 0 Å². The molecule has 0 saturated carbocycles. The van der Waals surface area contributed by atoms with E-state index in [2.05, 4.69) is 5.10 Å². The second-order valence-corrected chi connectivity index (χ2v) is 5.96. The zero-order chi connectivity index (χ0) is 19.1. The third kappa shape index (κ3) is 4.88. The summed E-state index contributed by atoms with van der Waals surface area (Å²) >= 11 is 0. The monoisotopic (exact) mass is 366 g/mol. The summed E-state index contributed by atoms with van der Waals surface area (Å²) in [6, 6.07) is 15.1. The van der Waals surface area contributed by atoms with Crippen LogP contribution in [0.15, 0.2) is 60.9 Å². The van der Waals surface area contributed by atoms with Gasteiger partial charge in [0, 0.05) is 18.8 Å². The first-order chi connectivity index (χ1) is 13.2. The third-order valence-corrected chi connectivity index (χ3v) is 4.19. The molecule has 0 radical (unpaired) electrons. The predicted octanol–water partition coefficient (Wildman–Crippen LogP) is 3.57. The van der Waals surface area contributed by atoms with Crippen molar-refractivity contribution in [2.45, 2.75) is 19.4 Å². The van der Waals surface area contributed by atoms with Crippen LogP contribution in [0.2, 0.25) is 0 Å². The Bertz CT molecular complexity index is 874. The molecule has 3 aromatic rings. The number of methoxy groups -OCH3 is 2. The fourth-order valence-corrected chi connectivity index (χ4v) is 2.72. The first-order valence-corrected chi connectivity index (χ1v) is 8.65. The molecule has 0 spiro atoms. The van der Waals surface area contributed by atoms with E-state index in [4.69, 9.17) is 14.2 Å². The van der Waals surface area contributed by atoms with E-state index in [1.54, 1.807) is 25.1 Å². The Labute approximate surface area is 158 Å². The van der Waals surface area contributed by atoms with Gasteiger partial charge in [0.05, 0.1) is 19.9 Å². The molecule has 0 saturated heterocycles.